The summed E-state index contributed by atoms with van der Waals surface area (Å²) in [6.07, 6.45) is 3.26. The van der Waals surface area contributed by atoms with Crippen LogP contribution in [0.3, 0.4) is 0 Å². The Morgan fingerprint density at radius 1 is 1.00 bits per heavy atom. The highest BCUT2D eigenvalue weighted by Crippen LogP contribution is 2.19. The van der Waals surface area contributed by atoms with Gasteiger partial charge in [-0.3, -0.25) is 0 Å². The van der Waals surface area contributed by atoms with Gasteiger partial charge in [0.15, 0.2) is 5.69 Å². The standard InChI is InChI=1S/C16H18N4O4S/c21-16(22)14-11-18-15(12-17-14)19-7-4-8-20(10-9-19)25(23,24)13-5-2-1-3-6-13/h1-3,5-6,11-12H,4,7-10H2,(H,21,22). The van der Waals surface area contributed by atoms with E-state index in [1.54, 1.807) is 30.3 Å². The smallest absolute Gasteiger partial charge is 0.356 e. The summed E-state index contributed by atoms with van der Waals surface area (Å²) in [5.74, 6) is -0.584. The Morgan fingerprint density at radius 3 is 2.40 bits per heavy atom. The van der Waals surface area contributed by atoms with Crippen molar-refractivity contribution in [2.75, 3.05) is 31.1 Å². The topological polar surface area (TPSA) is 104 Å². The molecule has 1 aliphatic heterocycles. The van der Waals surface area contributed by atoms with Crippen molar-refractivity contribution in [3.8, 4) is 0 Å². The van der Waals surface area contributed by atoms with Crippen molar-refractivity contribution in [3.05, 3.63) is 48.4 Å². The van der Waals surface area contributed by atoms with E-state index in [1.807, 2.05) is 4.90 Å². The molecule has 1 fully saturated rings. The third kappa shape index (κ3) is 3.77. The molecule has 1 aromatic carbocycles. The molecule has 2 heterocycles. The van der Waals surface area contributed by atoms with Crippen LogP contribution in [0.1, 0.15) is 16.9 Å². The number of aromatic carboxylic acids is 1. The van der Waals surface area contributed by atoms with Crippen molar-refractivity contribution in [2.45, 2.75) is 11.3 Å². The lowest BCUT2D eigenvalue weighted by molar-refractivity contribution is 0.0690. The maximum absolute atomic E-state index is 12.7. The molecule has 3 rings (SSSR count). The first-order chi connectivity index (χ1) is 12.0. The van der Waals surface area contributed by atoms with Crippen LogP contribution in [0.4, 0.5) is 5.82 Å². The molecule has 0 atom stereocenters. The summed E-state index contributed by atoms with van der Waals surface area (Å²) in [6.45, 7) is 1.85. The van der Waals surface area contributed by atoms with E-state index in [1.165, 1.54) is 16.7 Å². The number of aromatic nitrogens is 2. The molecule has 0 amide bonds. The number of carboxylic acids is 1. The summed E-state index contributed by atoms with van der Waals surface area (Å²) in [7, 11) is -3.52. The number of sulfonamides is 1. The minimum absolute atomic E-state index is 0.119. The van der Waals surface area contributed by atoms with Crippen molar-refractivity contribution in [3.63, 3.8) is 0 Å². The average molecular weight is 362 g/mol. The molecule has 1 aromatic heterocycles. The summed E-state index contributed by atoms with van der Waals surface area (Å²) in [5, 5.41) is 8.87. The van der Waals surface area contributed by atoms with Gasteiger partial charge < -0.3 is 10.0 Å². The van der Waals surface area contributed by atoms with Crippen LogP contribution in [0, 0.1) is 0 Å². The van der Waals surface area contributed by atoms with Crippen molar-refractivity contribution < 1.29 is 18.3 Å². The van der Waals surface area contributed by atoms with E-state index in [0.717, 1.165) is 0 Å². The van der Waals surface area contributed by atoms with Crippen LogP contribution in [0.2, 0.25) is 0 Å². The van der Waals surface area contributed by atoms with E-state index in [0.29, 0.717) is 38.4 Å². The summed E-state index contributed by atoms with van der Waals surface area (Å²) in [5.41, 5.74) is -0.119. The molecule has 8 nitrogen and oxygen atoms in total. The molecule has 0 unspecified atom stereocenters. The van der Waals surface area contributed by atoms with Crippen LogP contribution in [0.5, 0.6) is 0 Å². The molecule has 0 spiro atoms. The van der Waals surface area contributed by atoms with Gasteiger partial charge in [-0.2, -0.15) is 4.31 Å². The van der Waals surface area contributed by atoms with Crippen molar-refractivity contribution in [1.82, 2.24) is 14.3 Å². The second kappa shape index (κ2) is 7.16. The lowest BCUT2D eigenvalue weighted by Gasteiger charge is -2.22. The Hall–Kier alpha value is -2.52. The Morgan fingerprint density at radius 2 is 1.76 bits per heavy atom. The number of carboxylic acid groups (broad SMARTS) is 1. The van der Waals surface area contributed by atoms with Gasteiger partial charge in [0.2, 0.25) is 10.0 Å². The fourth-order valence-corrected chi connectivity index (χ4v) is 4.19. The van der Waals surface area contributed by atoms with Crippen LogP contribution in [0.25, 0.3) is 0 Å². The minimum Gasteiger partial charge on any atom is -0.476 e. The highest BCUT2D eigenvalue weighted by atomic mass is 32.2. The van der Waals surface area contributed by atoms with Crippen molar-refractivity contribution >= 4 is 21.8 Å². The number of carbonyl (C=O) groups is 1. The highest BCUT2D eigenvalue weighted by Gasteiger charge is 2.27. The predicted octanol–water partition coefficient (Wildman–Crippen LogP) is 1.08. The molecule has 132 valence electrons. The van der Waals surface area contributed by atoms with Crippen LogP contribution in [-0.4, -0.2) is 59.9 Å². The Bertz CT molecular complexity index is 840. The molecule has 1 saturated heterocycles. The fourth-order valence-electron chi connectivity index (χ4n) is 2.70. The SMILES string of the molecule is O=C(O)c1cnc(N2CCCN(S(=O)(=O)c3ccccc3)CC2)cn1. The van der Waals surface area contributed by atoms with Gasteiger partial charge in [-0.1, -0.05) is 18.2 Å². The van der Waals surface area contributed by atoms with Crippen LogP contribution in [0.15, 0.2) is 47.6 Å². The molecule has 25 heavy (non-hydrogen) atoms. The first-order valence-electron chi connectivity index (χ1n) is 7.84. The van der Waals surface area contributed by atoms with Crippen LogP contribution in [-0.2, 0) is 10.0 Å². The van der Waals surface area contributed by atoms with E-state index < -0.39 is 16.0 Å². The molecule has 1 N–H and O–H groups in total. The number of hydrogen-bond acceptors (Lipinski definition) is 6. The zero-order chi connectivity index (χ0) is 17.9. The summed E-state index contributed by atoms with van der Waals surface area (Å²) in [6, 6.07) is 8.37. The van der Waals surface area contributed by atoms with Gasteiger partial charge in [0.25, 0.3) is 0 Å². The summed E-state index contributed by atoms with van der Waals surface area (Å²) in [4.78, 5) is 21.0. The largest absolute Gasteiger partial charge is 0.476 e. The maximum Gasteiger partial charge on any atom is 0.356 e. The first-order valence-corrected chi connectivity index (χ1v) is 9.28. The zero-order valence-corrected chi connectivity index (χ0v) is 14.3. The number of rotatable bonds is 4. The van der Waals surface area contributed by atoms with Crippen molar-refractivity contribution in [1.29, 1.82) is 0 Å². The Labute approximate surface area is 145 Å². The molecule has 2 aromatic rings. The second-order valence-electron chi connectivity index (χ2n) is 5.62. The number of nitrogens with zero attached hydrogens (tertiary/aromatic N) is 4. The second-order valence-corrected chi connectivity index (χ2v) is 7.56. The van der Waals surface area contributed by atoms with E-state index >= 15 is 0 Å². The molecule has 0 aliphatic carbocycles. The van der Waals surface area contributed by atoms with Gasteiger partial charge in [-0.25, -0.2) is 23.2 Å². The van der Waals surface area contributed by atoms with E-state index in [2.05, 4.69) is 9.97 Å². The zero-order valence-electron chi connectivity index (χ0n) is 13.4. The molecule has 9 heteroatoms. The molecule has 0 bridgehead atoms. The molecular formula is C16H18N4O4S. The monoisotopic (exact) mass is 362 g/mol. The maximum atomic E-state index is 12.7. The van der Waals surface area contributed by atoms with E-state index in [-0.39, 0.29) is 10.6 Å². The number of hydrogen-bond donors (Lipinski definition) is 1. The fraction of sp³-hybridized carbons (Fsp3) is 0.312. The Kier molecular flexibility index (Phi) is 4.95. The van der Waals surface area contributed by atoms with Gasteiger partial charge in [0, 0.05) is 26.2 Å². The lowest BCUT2D eigenvalue weighted by atomic mass is 10.4. The van der Waals surface area contributed by atoms with Gasteiger partial charge in [0.1, 0.15) is 5.82 Å². The Balaban J connectivity index is 1.73. The van der Waals surface area contributed by atoms with Gasteiger partial charge in [-0.15, -0.1) is 0 Å². The third-order valence-electron chi connectivity index (χ3n) is 4.02. The molecule has 0 saturated carbocycles. The minimum atomic E-state index is -3.52. The quantitative estimate of drug-likeness (QED) is 0.868. The van der Waals surface area contributed by atoms with Gasteiger partial charge in [0.05, 0.1) is 17.3 Å². The first kappa shape index (κ1) is 17.3. The van der Waals surface area contributed by atoms with Crippen molar-refractivity contribution in [2.24, 2.45) is 0 Å². The normalized spacial score (nSPS) is 16.4. The average Bonchev–Trinajstić information content (AvgIpc) is 2.89. The molecule has 0 radical (unpaired) electrons. The molecule has 1 aliphatic rings. The molecular weight excluding hydrogens is 344 g/mol. The predicted molar refractivity (Wildman–Crippen MR) is 91.0 cm³/mol. The lowest BCUT2D eigenvalue weighted by Crippen LogP contribution is -2.35. The number of benzene rings is 1. The summed E-state index contributed by atoms with van der Waals surface area (Å²) < 4.78 is 26.9. The number of anilines is 1. The summed E-state index contributed by atoms with van der Waals surface area (Å²) >= 11 is 0. The highest BCUT2D eigenvalue weighted by molar-refractivity contribution is 7.89. The van der Waals surface area contributed by atoms with E-state index in [9.17, 15) is 13.2 Å². The third-order valence-corrected chi connectivity index (χ3v) is 5.93. The van der Waals surface area contributed by atoms with Crippen LogP contribution >= 0.6 is 0 Å². The van der Waals surface area contributed by atoms with E-state index in [4.69, 9.17) is 5.11 Å². The van der Waals surface area contributed by atoms with Crippen LogP contribution < -0.4 is 4.90 Å². The van der Waals surface area contributed by atoms with Gasteiger partial charge in [-0.05, 0) is 18.6 Å². The van der Waals surface area contributed by atoms with Gasteiger partial charge >= 0.3 is 5.97 Å².